The van der Waals surface area contributed by atoms with E-state index < -0.39 is 5.92 Å². The largest absolute Gasteiger partial charge is 0.463 e. The molecule has 0 amide bonds. The summed E-state index contributed by atoms with van der Waals surface area (Å²) >= 11 is 0. The van der Waals surface area contributed by atoms with Gasteiger partial charge >= 0.3 is 6.01 Å². The number of hydrogen-bond donors (Lipinski definition) is 0. The molecule has 0 saturated heterocycles. The topological polar surface area (TPSA) is 35.0 Å². The van der Waals surface area contributed by atoms with Crippen molar-refractivity contribution in [2.75, 3.05) is 6.61 Å². The van der Waals surface area contributed by atoms with Crippen LogP contribution in [0.5, 0.6) is 6.01 Å². The van der Waals surface area contributed by atoms with Crippen molar-refractivity contribution >= 4 is 0 Å². The molecule has 0 aliphatic heterocycles. The molecule has 17 heavy (non-hydrogen) atoms. The van der Waals surface area contributed by atoms with Crippen molar-refractivity contribution in [3.05, 3.63) is 18.0 Å². The van der Waals surface area contributed by atoms with Gasteiger partial charge in [-0.3, -0.25) is 0 Å². The lowest BCUT2D eigenvalue weighted by molar-refractivity contribution is -0.119. The normalized spacial score (nSPS) is 17.7. The first-order valence-electron chi connectivity index (χ1n) is 5.84. The fraction of sp³-hybridized carbons (Fsp3) is 0.667. The van der Waals surface area contributed by atoms with Crippen LogP contribution in [-0.2, 0) is 0 Å². The average Bonchev–Trinajstić information content (AvgIpc) is 2.28. The molecular weight excluding hydrogens is 226 g/mol. The zero-order valence-corrected chi connectivity index (χ0v) is 10.4. The summed E-state index contributed by atoms with van der Waals surface area (Å²) in [6.45, 7) is 6.15. The third-order valence-electron chi connectivity index (χ3n) is 2.38. The van der Waals surface area contributed by atoms with E-state index >= 15 is 0 Å². The quantitative estimate of drug-likeness (QED) is 0.818. The Morgan fingerprint density at radius 2 is 1.82 bits per heavy atom. The Morgan fingerprint density at radius 3 is 2.29 bits per heavy atom. The molecule has 0 aromatic carbocycles. The summed E-state index contributed by atoms with van der Waals surface area (Å²) in [4.78, 5) is 7.85. The molecule has 2 rings (SSSR count). The minimum atomic E-state index is -2.48. The van der Waals surface area contributed by atoms with Crippen LogP contribution in [0.2, 0.25) is 0 Å². The average molecular weight is 244 g/mol. The maximum atomic E-state index is 12.5. The third kappa shape index (κ3) is 4.24. The summed E-state index contributed by atoms with van der Waals surface area (Å²) < 4.78 is 30.2. The van der Waals surface area contributed by atoms with Gasteiger partial charge < -0.3 is 4.74 Å². The van der Waals surface area contributed by atoms with Crippen molar-refractivity contribution in [3.8, 4) is 6.01 Å². The molecule has 0 bridgehead atoms. The highest BCUT2D eigenvalue weighted by Gasteiger charge is 2.45. The predicted octanol–water partition coefficient (Wildman–Crippen LogP) is 3.24. The van der Waals surface area contributed by atoms with Gasteiger partial charge in [0.2, 0.25) is 5.92 Å². The number of nitrogens with zero attached hydrogens (tertiary/aromatic N) is 2. The second kappa shape index (κ2) is 5.89. The number of halogens is 2. The van der Waals surface area contributed by atoms with E-state index in [1.807, 2.05) is 20.8 Å². The zero-order valence-electron chi connectivity index (χ0n) is 10.4. The van der Waals surface area contributed by atoms with E-state index in [1.54, 1.807) is 12.4 Å². The molecule has 0 atom stereocenters. The van der Waals surface area contributed by atoms with Crippen molar-refractivity contribution in [1.29, 1.82) is 0 Å². The molecule has 96 valence electrons. The number of hydrogen-bond acceptors (Lipinski definition) is 3. The first-order chi connectivity index (χ1) is 8.05. The fourth-order valence-electron chi connectivity index (χ4n) is 1.55. The van der Waals surface area contributed by atoms with Crippen LogP contribution in [0.15, 0.2) is 12.4 Å². The van der Waals surface area contributed by atoms with Crippen LogP contribution >= 0.6 is 0 Å². The highest BCUT2D eigenvalue weighted by molar-refractivity contribution is 5.04. The molecule has 0 N–H and O–H groups in total. The molecule has 5 heteroatoms. The monoisotopic (exact) mass is 244 g/mol. The Hall–Kier alpha value is -1.26. The highest BCUT2D eigenvalue weighted by Crippen LogP contribution is 2.42. The molecule has 1 aromatic heterocycles. The van der Waals surface area contributed by atoms with Gasteiger partial charge in [-0.2, -0.15) is 0 Å². The molecule has 3 nitrogen and oxygen atoms in total. The molecule has 0 radical (unpaired) electrons. The molecule has 1 aliphatic rings. The standard InChI is InChI=1S/C10H12F2N2O.C2H6/c1-7-4-13-9(14-5-7)15-6-8-2-10(11,12)3-8;1-2/h4-5,8H,2-3,6H2,1H3;1-2H3. The Labute approximate surface area is 100 Å². The van der Waals surface area contributed by atoms with Gasteiger partial charge in [0, 0.05) is 31.2 Å². The van der Waals surface area contributed by atoms with Gasteiger partial charge in [0.1, 0.15) is 0 Å². The van der Waals surface area contributed by atoms with E-state index in [-0.39, 0.29) is 31.4 Å². The third-order valence-corrected chi connectivity index (χ3v) is 2.38. The Bertz CT molecular complexity index is 333. The summed E-state index contributed by atoms with van der Waals surface area (Å²) in [6, 6.07) is 0.260. The minimum Gasteiger partial charge on any atom is -0.463 e. The summed E-state index contributed by atoms with van der Waals surface area (Å²) in [5, 5.41) is 0. The van der Waals surface area contributed by atoms with Crippen LogP contribution in [-0.4, -0.2) is 22.5 Å². The van der Waals surface area contributed by atoms with Gasteiger partial charge in [0.15, 0.2) is 0 Å². The number of ether oxygens (including phenoxy) is 1. The van der Waals surface area contributed by atoms with Crippen LogP contribution in [0.3, 0.4) is 0 Å². The second-order valence-corrected chi connectivity index (χ2v) is 3.98. The van der Waals surface area contributed by atoms with Gasteiger partial charge in [-0.1, -0.05) is 13.8 Å². The molecular formula is C12H18F2N2O. The Balaban J connectivity index is 0.000000686. The Kier molecular flexibility index (Phi) is 4.78. The molecule has 1 saturated carbocycles. The van der Waals surface area contributed by atoms with E-state index in [0.717, 1.165) is 5.56 Å². The van der Waals surface area contributed by atoms with Crippen molar-refractivity contribution < 1.29 is 13.5 Å². The van der Waals surface area contributed by atoms with Crippen molar-refractivity contribution in [2.45, 2.75) is 39.5 Å². The summed E-state index contributed by atoms with van der Waals surface area (Å²) in [6.07, 6.45) is 3.10. The lowest BCUT2D eigenvalue weighted by Gasteiger charge is -2.34. The molecule has 1 heterocycles. The summed E-state index contributed by atoms with van der Waals surface area (Å²) in [5.74, 6) is -2.55. The summed E-state index contributed by atoms with van der Waals surface area (Å²) in [5.41, 5.74) is 0.942. The SMILES string of the molecule is CC.Cc1cnc(OCC2CC(F)(F)C2)nc1. The fourth-order valence-corrected chi connectivity index (χ4v) is 1.55. The number of aryl methyl sites for hydroxylation is 1. The maximum Gasteiger partial charge on any atom is 0.316 e. The summed E-state index contributed by atoms with van der Waals surface area (Å²) in [7, 11) is 0. The van der Waals surface area contributed by atoms with Crippen LogP contribution in [0.4, 0.5) is 8.78 Å². The van der Waals surface area contributed by atoms with Crippen molar-refractivity contribution in [2.24, 2.45) is 5.92 Å². The smallest absolute Gasteiger partial charge is 0.316 e. The number of alkyl halides is 2. The van der Waals surface area contributed by atoms with Gasteiger partial charge in [-0.05, 0) is 12.5 Å². The van der Waals surface area contributed by atoms with Crippen LogP contribution in [0.25, 0.3) is 0 Å². The molecule has 0 spiro atoms. The van der Waals surface area contributed by atoms with Gasteiger partial charge in [0.05, 0.1) is 6.61 Å². The van der Waals surface area contributed by atoms with Gasteiger partial charge in [-0.15, -0.1) is 0 Å². The lowest BCUT2D eigenvalue weighted by Crippen LogP contribution is -2.38. The molecule has 1 aliphatic carbocycles. The van der Waals surface area contributed by atoms with Crippen LogP contribution < -0.4 is 4.74 Å². The van der Waals surface area contributed by atoms with Crippen molar-refractivity contribution in [3.63, 3.8) is 0 Å². The molecule has 1 aromatic rings. The zero-order chi connectivity index (χ0) is 12.9. The van der Waals surface area contributed by atoms with Gasteiger partial charge in [0.25, 0.3) is 0 Å². The highest BCUT2D eigenvalue weighted by atomic mass is 19.3. The maximum absolute atomic E-state index is 12.5. The van der Waals surface area contributed by atoms with E-state index in [9.17, 15) is 8.78 Å². The van der Waals surface area contributed by atoms with Crippen LogP contribution in [0.1, 0.15) is 32.3 Å². The molecule has 1 fully saturated rings. The molecule has 0 unspecified atom stereocenters. The number of rotatable bonds is 3. The first-order valence-corrected chi connectivity index (χ1v) is 5.84. The Morgan fingerprint density at radius 1 is 1.29 bits per heavy atom. The van der Waals surface area contributed by atoms with Gasteiger partial charge in [-0.25, -0.2) is 18.7 Å². The number of aromatic nitrogens is 2. The second-order valence-electron chi connectivity index (χ2n) is 3.98. The van der Waals surface area contributed by atoms with E-state index in [1.165, 1.54) is 0 Å². The predicted molar refractivity (Wildman–Crippen MR) is 61.3 cm³/mol. The van der Waals surface area contributed by atoms with E-state index in [2.05, 4.69) is 9.97 Å². The minimum absolute atomic E-state index is 0.0649. The van der Waals surface area contributed by atoms with E-state index in [0.29, 0.717) is 0 Å². The van der Waals surface area contributed by atoms with Crippen LogP contribution in [0, 0.1) is 12.8 Å². The first kappa shape index (κ1) is 13.8. The lowest BCUT2D eigenvalue weighted by atomic mass is 9.82. The van der Waals surface area contributed by atoms with E-state index in [4.69, 9.17) is 4.74 Å². The van der Waals surface area contributed by atoms with Crippen molar-refractivity contribution in [1.82, 2.24) is 9.97 Å².